The van der Waals surface area contributed by atoms with Crippen LogP contribution in [-0.2, 0) is 19.1 Å². The molecule has 0 spiro atoms. The maximum atomic E-state index is 12.4. The Morgan fingerprint density at radius 2 is 1.80 bits per heavy atom. The monoisotopic (exact) mass is 411 g/mol. The molecule has 9 heteroatoms. The third-order valence-corrected chi connectivity index (χ3v) is 4.16. The molecule has 0 heterocycles. The molecule has 3 N–H and O–H groups in total. The Morgan fingerprint density at radius 1 is 1.10 bits per heavy atom. The van der Waals surface area contributed by atoms with Gasteiger partial charge in [-0.3, -0.25) is 9.59 Å². The summed E-state index contributed by atoms with van der Waals surface area (Å²) in [6.45, 7) is 0. The minimum atomic E-state index is -1.08. The lowest BCUT2D eigenvalue weighted by Gasteiger charge is -2.20. The molecule has 2 aromatic rings. The van der Waals surface area contributed by atoms with E-state index in [2.05, 4.69) is 10.6 Å². The smallest absolute Gasteiger partial charge is 0.332 e. The van der Waals surface area contributed by atoms with Gasteiger partial charge in [-0.05, 0) is 42.0 Å². The number of ether oxygens (including phenoxy) is 2. The maximum Gasteiger partial charge on any atom is 0.332 e. The fourth-order valence-electron chi connectivity index (χ4n) is 2.64. The number of aliphatic carboxylic acids is 1. The van der Waals surface area contributed by atoms with Gasteiger partial charge in [-0.25, -0.2) is 4.79 Å². The zero-order chi connectivity index (χ0) is 22.1. The Hall–Kier alpha value is -4.06. The van der Waals surface area contributed by atoms with Crippen LogP contribution in [-0.4, -0.2) is 37.2 Å². The molecule has 0 aliphatic heterocycles. The van der Waals surface area contributed by atoms with Gasteiger partial charge in [-0.1, -0.05) is 6.07 Å². The predicted octanol–water partition coefficient (Wildman–Crippen LogP) is 2.70. The number of hydrogen-bond donors (Lipinski definition) is 3. The Kier molecular flexibility index (Phi) is 7.76. The molecule has 0 bridgehead atoms. The first-order valence-electron chi connectivity index (χ1n) is 8.92. The molecule has 9 nitrogen and oxygen atoms in total. The Balaban J connectivity index is 2.31. The number of carboxylic acid groups (broad SMARTS) is 1. The highest BCUT2D eigenvalue weighted by Crippen LogP contribution is 2.30. The van der Waals surface area contributed by atoms with Crippen molar-refractivity contribution in [3.63, 3.8) is 0 Å². The molecule has 156 valence electrons. The van der Waals surface area contributed by atoms with E-state index in [1.54, 1.807) is 42.5 Å². The van der Waals surface area contributed by atoms with Crippen LogP contribution in [0.4, 0.5) is 11.4 Å². The van der Waals surface area contributed by atoms with Crippen molar-refractivity contribution in [3.05, 3.63) is 53.6 Å². The standard InChI is InChI=1S/C21H21N3O6/c1-29-17-8-5-14(11-16(17)24-18(25)9-10-19(26)27)20(21(28)30-2)23-15-6-3-13(12-22)4-7-15/h3-8,11,20,23H,9-10H2,1-2H3,(H,24,25)(H,26,27). The summed E-state index contributed by atoms with van der Waals surface area (Å²) >= 11 is 0. The van der Waals surface area contributed by atoms with Crippen LogP contribution < -0.4 is 15.4 Å². The summed E-state index contributed by atoms with van der Waals surface area (Å²) in [5, 5.41) is 23.3. The number of carbonyl (C=O) groups is 3. The van der Waals surface area contributed by atoms with Crippen molar-refractivity contribution in [3.8, 4) is 11.8 Å². The molecule has 30 heavy (non-hydrogen) atoms. The maximum absolute atomic E-state index is 12.4. The summed E-state index contributed by atoms with van der Waals surface area (Å²) < 4.78 is 10.1. The molecule has 0 aliphatic rings. The van der Waals surface area contributed by atoms with Crippen LogP contribution in [0.3, 0.4) is 0 Å². The summed E-state index contributed by atoms with van der Waals surface area (Å²) in [6.07, 6.45) is -0.508. The molecule has 0 aliphatic carbocycles. The summed E-state index contributed by atoms with van der Waals surface area (Å²) in [6, 6.07) is 12.4. The molecule has 0 saturated carbocycles. The van der Waals surface area contributed by atoms with Crippen LogP contribution in [0.5, 0.6) is 5.75 Å². The normalized spacial score (nSPS) is 11.0. The van der Waals surface area contributed by atoms with E-state index in [0.717, 1.165) is 0 Å². The molecule has 1 atom stereocenters. The highest BCUT2D eigenvalue weighted by Gasteiger charge is 2.23. The molecule has 1 amide bonds. The van der Waals surface area contributed by atoms with Crippen molar-refractivity contribution in [2.45, 2.75) is 18.9 Å². The lowest BCUT2D eigenvalue weighted by atomic mass is 10.0. The van der Waals surface area contributed by atoms with Crippen LogP contribution in [0.1, 0.15) is 30.0 Å². The Morgan fingerprint density at radius 3 is 2.37 bits per heavy atom. The van der Waals surface area contributed by atoms with E-state index in [1.165, 1.54) is 14.2 Å². The highest BCUT2D eigenvalue weighted by molar-refractivity contribution is 5.94. The molecule has 0 saturated heterocycles. The predicted molar refractivity (Wildman–Crippen MR) is 108 cm³/mol. The number of esters is 1. The molecule has 0 fully saturated rings. The lowest BCUT2D eigenvalue weighted by Crippen LogP contribution is -2.23. The van der Waals surface area contributed by atoms with E-state index in [1.807, 2.05) is 6.07 Å². The van der Waals surface area contributed by atoms with Crippen molar-refractivity contribution >= 4 is 29.2 Å². The molecule has 2 aromatic carbocycles. The number of nitriles is 1. The van der Waals surface area contributed by atoms with Crippen LogP contribution in [0.25, 0.3) is 0 Å². The van der Waals surface area contributed by atoms with Crippen molar-refractivity contribution < 1.29 is 29.0 Å². The van der Waals surface area contributed by atoms with Gasteiger partial charge in [0.1, 0.15) is 5.75 Å². The van der Waals surface area contributed by atoms with E-state index in [0.29, 0.717) is 28.3 Å². The number of carboxylic acids is 1. The van der Waals surface area contributed by atoms with Gasteiger partial charge in [-0.15, -0.1) is 0 Å². The number of amides is 1. The van der Waals surface area contributed by atoms with Crippen LogP contribution >= 0.6 is 0 Å². The Bertz CT molecular complexity index is 966. The van der Waals surface area contributed by atoms with Crippen molar-refractivity contribution in [1.82, 2.24) is 0 Å². The van der Waals surface area contributed by atoms with Gasteiger partial charge in [0.25, 0.3) is 0 Å². The number of benzene rings is 2. The van der Waals surface area contributed by atoms with Gasteiger partial charge >= 0.3 is 11.9 Å². The van der Waals surface area contributed by atoms with Crippen molar-refractivity contribution in [1.29, 1.82) is 5.26 Å². The zero-order valence-electron chi connectivity index (χ0n) is 16.5. The number of nitrogens with zero attached hydrogens (tertiary/aromatic N) is 1. The van der Waals surface area contributed by atoms with E-state index >= 15 is 0 Å². The first-order valence-corrected chi connectivity index (χ1v) is 8.92. The van der Waals surface area contributed by atoms with Gasteiger partial charge in [0.2, 0.25) is 5.91 Å². The zero-order valence-corrected chi connectivity index (χ0v) is 16.5. The van der Waals surface area contributed by atoms with E-state index in [9.17, 15) is 14.4 Å². The average molecular weight is 411 g/mol. The molecule has 0 radical (unpaired) electrons. The van der Waals surface area contributed by atoms with Gasteiger partial charge < -0.3 is 25.2 Å². The topological polar surface area (TPSA) is 138 Å². The number of hydrogen-bond acceptors (Lipinski definition) is 7. The molecule has 1 unspecified atom stereocenters. The summed E-state index contributed by atoms with van der Waals surface area (Å²) in [4.78, 5) is 35.1. The van der Waals surface area contributed by atoms with Crippen LogP contribution in [0, 0.1) is 11.3 Å². The van der Waals surface area contributed by atoms with Gasteiger partial charge in [0, 0.05) is 12.1 Å². The average Bonchev–Trinajstić information content (AvgIpc) is 2.76. The first-order chi connectivity index (χ1) is 14.4. The Labute approximate surface area is 173 Å². The van der Waals surface area contributed by atoms with Gasteiger partial charge in [0.15, 0.2) is 6.04 Å². The quantitative estimate of drug-likeness (QED) is 0.536. The number of methoxy groups -OCH3 is 2. The van der Waals surface area contributed by atoms with Crippen LogP contribution in [0.2, 0.25) is 0 Å². The summed E-state index contributed by atoms with van der Waals surface area (Å²) in [7, 11) is 2.68. The summed E-state index contributed by atoms with van der Waals surface area (Å²) in [5.74, 6) is -1.79. The second-order valence-electron chi connectivity index (χ2n) is 6.19. The van der Waals surface area contributed by atoms with Gasteiger partial charge in [0.05, 0.1) is 38.0 Å². The molecule has 0 aromatic heterocycles. The lowest BCUT2D eigenvalue weighted by molar-refractivity contribution is -0.141. The largest absolute Gasteiger partial charge is 0.495 e. The fraction of sp³-hybridized carbons (Fsp3) is 0.238. The fourth-order valence-corrected chi connectivity index (χ4v) is 2.64. The molecule has 2 rings (SSSR count). The number of rotatable bonds is 9. The highest BCUT2D eigenvalue weighted by atomic mass is 16.5. The van der Waals surface area contributed by atoms with Crippen molar-refractivity contribution in [2.24, 2.45) is 0 Å². The minimum Gasteiger partial charge on any atom is -0.495 e. The number of carbonyl (C=O) groups excluding carboxylic acids is 2. The van der Waals surface area contributed by atoms with E-state index in [4.69, 9.17) is 19.8 Å². The van der Waals surface area contributed by atoms with Gasteiger partial charge in [-0.2, -0.15) is 5.26 Å². The minimum absolute atomic E-state index is 0.202. The second kappa shape index (κ2) is 10.5. The van der Waals surface area contributed by atoms with Crippen LogP contribution in [0.15, 0.2) is 42.5 Å². The second-order valence-corrected chi connectivity index (χ2v) is 6.19. The number of nitrogens with one attached hydrogen (secondary N) is 2. The molecular weight excluding hydrogens is 390 g/mol. The van der Waals surface area contributed by atoms with E-state index < -0.39 is 23.9 Å². The molecular formula is C21H21N3O6. The summed E-state index contributed by atoms with van der Waals surface area (Å²) in [5.41, 5.74) is 1.85. The first kappa shape index (κ1) is 22.2. The van der Waals surface area contributed by atoms with Crippen molar-refractivity contribution in [2.75, 3.05) is 24.9 Å². The SMILES string of the molecule is COC(=O)C(Nc1ccc(C#N)cc1)c1ccc(OC)c(NC(=O)CCC(=O)O)c1. The van der Waals surface area contributed by atoms with E-state index in [-0.39, 0.29) is 12.8 Å². The number of anilines is 2. The third kappa shape index (κ3) is 5.97. The third-order valence-electron chi connectivity index (χ3n) is 4.16.